The van der Waals surface area contributed by atoms with E-state index in [-0.39, 0.29) is 11.9 Å². The second kappa shape index (κ2) is 8.84. The van der Waals surface area contributed by atoms with Gasteiger partial charge in [-0.3, -0.25) is 9.69 Å². The van der Waals surface area contributed by atoms with Crippen LogP contribution in [0.3, 0.4) is 0 Å². The van der Waals surface area contributed by atoms with Crippen molar-refractivity contribution in [2.75, 3.05) is 18.4 Å². The molecule has 6 nitrogen and oxygen atoms in total. The number of amides is 1. The van der Waals surface area contributed by atoms with Crippen molar-refractivity contribution in [2.24, 2.45) is 5.92 Å². The van der Waals surface area contributed by atoms with Crippen LogP contribution in [0.25, 0.3) is 10.2 Å². The Hall–Kier alpha value is -2.25. The van der Waals surface area contributed by atoms with E-state index in [1.165, 1.54) is 37.0 Å². The Kier molecular flexibility index (Phi) is 6.02. The molecule has 2 aromatic heterocycles. The van der Waals surface area contributed by atoms with E-state index in [0.717, 1.165) is 35.8 Å². The monoisotopic (exact) mass is 397 g/mol. The molecule has 0 spiro atoms. The van der Waals surface area contributed by atoms with E-state index >= 15 is 0 Å². The van der Waals surface area contributed by atoms with Crippen molar-refractivity contribution in [3.05, 3.63) is 43.0 Å². The van der Waals surface area contributed by atoms with Crippen molar-refractivity contribution in [1.29, 1.82) is 0 Å². The standard InChI is InChI=1S/C21H27N5OS/c1-16(20(27)24-21-23-18-6-2-3-7-19(18)28-21)26-12-8-17(9-13-26)5-4-11-25-14-10-22-15-25/h2-3,6-7,10,14-17H,4-5,8-9,11-13H2,1H3,(H,23,24,27). The average Bonchev–Trinajstić information content (AvgIpc) is 3.37. The molecule has 0 aliphatic carbocycles. The number of benzene rings is 1. The predicted molar refractivity (Wildman–Crippen MR) is 113 cm³/mol. The van der Waals surface area contributed by atoms with Crippen molar-refractivity contribution in [2.45, 2.75) is 45.2 Å². The molecule has 3 aromatic rings. The number of likely N-dealkylation sites (tertiary alicyclic amines) is 1. The van der Waals surface area contributed by atoms with Gasteiger partial charge in [0.25, 0.3) is 0 Å². The molecular weight excluding hydrogens is 370 g/mol. The van der Waals surface area contributed by atoms with E-state index < -0.39 is 0 Å². The SMILES string of the molecule is CC(C(=O)Nc1nc2ccccc2s1)N1CCC(CCCn2ccnc2)CC1. The number of para-hydroxylation sites is 1. The lowest BCUT2D eigenvalue weighted by Crippen LogP contribution is -2.46. The first-order valence-electron chi connectivity index (χ1n) is 10.1. The maximum atomic E-state index is 12.7. The van der Waals surface area contributed by atoms with E-state index in [2.05, 4.69) is 24.8 Å². The van der Waals surface area contributed by atoms with Crippen LogP contribution < -0.4 is 5.32 Å². The number of fused-ring (bicyclic) bond motifs is 1. The van der Waals surface area contributed by atoms with Crippen LogP contribution in [0.2, 0.25) is 0 Å². The Bertz CT molecular complexity index is 866. The van der Waals surface area contributed by atoms with Crippen LogP contribution in [0, 0.1) is 5.92 Å². The lowest BCUT2D eigenvalue weighted by Gasteiger charge is -2.35. The molecule has 0 bridgehead atoms. The Morgan fingerprint density at radius 2 is 2.14 bits per heavy atom. The van der Waals surface area contributed by atoms with E-state index in [1.54, 1.807) is 0 Å². The minimum atomic E-state index is -0.126. The summed E-state index contributed by atoms with van der Waals surface area (Å²) in [7, 11) is 0. The normalized spacial score (nSPS) is 17.0. The molecule has 1 amide bonds. The van der Waals surface area contributed by atoms with Crippen LogP contribution >= 0.6 is 11.3 Å². The zero-order valence-electron chi connectivity index (χ0n) is 16.3. The third-order valence-electron chi connectivity index (χ3n) is 5.69. The Morgan fingerprint density at radius 3 is 2.89 bits per heavy atom. The second-order valence-corrected chi connectivity index (χ2v) is 8.60. The maximum Gasteiger partial charge on any atom is 0.243 e. The van der Waals surface area contributed by atoms with Gasteiger partial charge in [0.05, 0.1) is 22.6 Å². The molecule has 1 fully saturated rings. The smallest absolute Gasteiger partial charge is 0.243 e. The fourth-order valence-electron chi connectivity index (χ4n) is 3.91. The van der Waals surface area contributed by atoms with Crippen molar-refractivity contribution >= 4 is 32.6 Å². The molecule has 0 saturated carbocycles. The fraction of sp³-hybridized carbons (Fsp3) is 0.476. The number of hydrogen-bond donors (Lipinski definition) is 1. The number of imidazole rings is 1. The Balaban J connectivity index is 1.22. The summed E-state index contributed by atoms with van der Waals surface area (Å²) in [5.41, 5.74) is 0.937. The highest BCUT2D eigenvalue weighted by Gasteiger charge is 2.27. The van der Waals surface area contributed by atoms with Gasteiger partial charge in [0.1, 0.15) is 0 Å². The fourth-order valence-corrected chi connectivity index (χ4v) is 4.78. The van der Waals surface area contributed by atoms with E-state index in [9.17, 15) is 4.79 Å². The zero-order valence-corrected chi connectivity index (χ0v) is 17.1. The van der Waals surface area contributed by atoms with Gasteiger partial charge in [-0.2, -0.15) is 0 Å². The van der Waals surface area contributed by atoms with E-state index in [0.29, 0.717) is 5.13 Å². The number of carbonyl (C=O) groups is 1. The maximum absolute atomic E-state index is 12.7. The second-order valence-electron chi connectivity index (χ2n) is 7.57. The number of thiazole rings is 1. The third-order valence-corrected chi connectivity index (χ3v) is 6.64. The van der Waals surface area contributed by atoms with Crippen LogP contribution in [-0.2, 0) is 11.3 Å². The first-order valence-corrected chi connectivity index (χ1v) is 10.9. The summed E-state index contributed by atoms with van der Waals surface area (Å²) >= 11 is 1.53. The minimum absolute atomic E-state index is 0.0395. The number of nitrogens with zero attached hydrogens (tertiary/aromatic N) is 4. The molecule has 0 radical (unpaired) electrons. The molecule has 3 heterocycles. The van der Waals surface area contributed by atoms with Gasteiger partial charge in [-0.1, -0.05) is 23.5 Å². The van der Waals surface area contributed by atoms with E-state index in [4.69, 9.17) is 0 Å². The molecule has 1 aliphatic heterocycles. The van der Waals surface area contributed by atoms with Crippen molar-refractivity contribution in [1.82, 2.24) is 19.4 Å². The molecule has 28 heavy (non-hydrogen) atoms. The number of anilines is 1. The van der Waals surface area contributed by atoms with Gasteiger partial charge in [0.15, 0.2) is 5.13 Å². The number of aryl methyl sites for hydroxylation is 1. The van der Waals surface area contributed by atoms with Gasteiger partial charge in [-0.25, -0.2) is 9.97 Å². The van der Waals surface area contributed by atoms with Crippen LogP contribution in [-0.4, -0.2) is 44.5 Å². The Morgan fingerprint density at radius 1 is 1.32 bits per heavy atom. The van der Waals surface area contributed by atoms with Gasteiger partial charge in [-0.15, -0.1) is 0 Å². The number of carbonyl (C=O) groups excluding carboxylic acids is 1. The number of rotatable bonds is 7. The van der Waals surface area contributed by atoms with Crippen molar-refractivity contribution in [3.63, 3.8) is 0 Å². The van der Waals surface area contributed by atoms with Crippen LogP contribution in [0.4, 0.5) is 5.13 Å². The summed E-state index contributed by atoms with van der Waals surface area (Å²) in [5, 5.41) is 3.70. The van der Waals surface area contributed by atoms with Crippen LogP contribution in [0.5, 0.6) is 0 Å². The highest BCUT2D eigenvalue weighted by atomic mass is 32.1. The minimum Gasteiger partial charge on any atom is -0.337 e. The zero-order chi connectivity index (χ0) is 19.3. The quantitative estimate of drug-likeness (QED) is 0.654. The summed E-state index contributed by atoms with van der Waals surface area (Å²) in [6.45, 7) is 5.03. The summed E-state index contributed by atoms with van der Waals surface area (Å²) in [6, 6.07) is 7.84. The molecule has 1 aromatic carbocycles. The lowest BCUT2D eigenvalue weighted by molar-refractivity contribution is -0.121. The van der Waals surface area contributed by atoms with Crippen molar-refractivity contribution in [3.8, 4) is 0 Å². The summed E-state index contributed by atoms with van der Waals surface area (Å²) in [4.78, 5) is 23.6. The number of piperidine rings is 1. The van der Waals surface area contributed by atoms with Gasteiger partial charge in [0.2, 0.25) is 5.91 Å². The van der Waals surface area contributed by atoms with Gasteiger partial charge < -0.3 is 9.88 Å². The van der Waals surface area contributed by atoms with Gasteiger partial charge >= 0.3 is 0 Å². The first-order chi connectivity index (χ1) is 13.7. The molecular formula is C21H27N5OS. The summed E-state index contributed by atoms with van der Waals surface area (Å²) < 4.78 is 3.24. The lowest BCUT2D eigenvalue weighted by atomic mass is 9.91. The number of aromatic nitrogens is 3. The summed E-state index contributed by atoms with van der Waals surface area (Å²) in [6.07, 6.45) is 10.5. The number of hydrogen-bond acceptors (Lipinski definition) is 5. The summed E-state index contributed by atoms with van der Waals surface area (Å²) in [5.74, 6) is 0.803. The average molecular weight is 398 g/mol. The highest BCUT2D eigenvalue weighted by Crippen LogP contribution is 2.27. The van der Waals surface area contributed by atoms with Crippen LogP contribution in [0.1, 0.15) is 32.6 Å². The molecule has 1 N–H and O–H groups in total. The largest absolute Gasteiger partial charge is 0.337 e. The topological polar surface area (TPSA) is 63.1 Å². The van der Waals surface area contributed by atoms with Crippen LogP contribution in [0.15, 0.2) is 43.0 Å². The molecule has 4 rings (SSSR count). The van der Waals surface area contributed by atoms with Gasteiger partial charge in [-0.05, 0) is 63.7 Å². The molecule has 1 aliphatic rings. The number of nitrogens with one attached hydrogen (secondary N) is 1. The highest BCUT2D eigenvalue weighted by molar-refractivity contribution is 7.22. The Labute approximate surface area is 169 Å². The molecule has 148 valence electrons. The predicted octanol–water partition coefficient (Wildman–Crippen LogP) is 4.01. The molecule has 1 unspecified atom stereocenters. The van der Waals surface area contributed by atoms with Gasteiger partial charge in [0, 0.05) is 18.9 Å². The molecule has 1 saturated heterocycles. The van der Waals surface area contributed by atoms with Crippen molar-refractivity contribution < 1.29 is 4.79 Å². The first kappa shape index (κ1) is 19.1. The molecule has 7 heteroatoms. The molecule has 1 atom stereocenters. The van der Waals surface area contributed by atoms with E-state index in [1.807, 2.05) is 49.9 Å². The third kappa shape index (κ3) is 4.59.